The van der Waals surface area contributed by atoms with E-state index >= 15 is 0 Å². The Balaban J connectivity index is 2.03. The van der Waals surface area contributed by atoms with Crippen molar-refractivity contribution in [2.75, 3.05) is 12.4 Å². The smallest absolute Gasteiger partial charge is 0.338 e. The number of aromatic nitrogens is 1. The van der Waals surface area contributed by atoms with Crippen LogP contribution in [0.3, 0.4) is 0 Å². The Hall–Kier alpha value is -1.40. The number of hydrogen-bond donors (Lipinski definition) is 1. The molecule has 0 aliphatic rings. The Morgan fingerprint density at radius 2 is 2.39 bits per heavy atom. The molecule has 0 spiro atoms. The fraction of sp³-hybridized carbons (Fsp3) is 0.167. The number of ether oxygens (including phenoxy) is 1. The molecule has 0 saturated heterocycles. The first-order valence-electron chi connectivity index (χ1n) is 5.20. The number of rotatable bonds is 4. The minimum Gasteiger partial charge on any atom is -0.465 e. The minimum absolute atomic E-state index is 0.362. The fourth-order valence-corrected chi connectivity index (χ4v) is 2.79. The van der Waals surface area contributed by atoms with Crippen LogP contribution in [0, 0.1) is 0 Å². The van der Waals surface area contributed by atoms with E-state index in [0.29, 0.717) is 17.9 Å². The molecule has 0 bridgehead atoms. The van der Waals surface area contributed by atoms with Gasteiger partial charge in [0.25, 0.3) is 0 Å². The molecular weight excluding hydrogens is 316 g/mol. The summed E-state index contributed by atoms with van der Waals surface area (Å²) in [7, 11) is 1.36. The highest BCUT2D eigenvalue weighted by molar-refractivity contribution is 9.10. The lowest BCUT2D eigenvalue weighted by atomic mass is 10.2. The summed E-state index contributed by atoms with van der Waals surface area (Å²) in [5.74, 6) is 0.293. The van der Waals surface area contributed by atoms with Gasteiger partial charge in [-0.25, -0.2) is 9.78 Å². The van der Waals surface area contributed by atoms with Crippen molar-refractivity contribution in [1.29, 1.82) is 0 Å². The summed E-state index contributed by atoms with van der Waals surface area (Å²) in [6, 6.07) is 5.34. The lowest BCUT2D eigenvalue weighted by Crippen LogP contribution is -2.04. The number of esters is 1. The highest BCUT2D eigenvalue weighted by Crippen LogP contribution is 2.20. The van der Waals surface area contributed by atoms with Crippen LogP contribution in [0.15, 0.2) is 34.2 Å². The predicted octanol–water partition coefficient (Wildman–Crippen LogP) is 3.30. The number of halogens is 1. The van der Waals surface area contributed by atoms with Crippen molar-refractivity contribution in [1.82, 2.24) is 4.98 Å². The van der Waals surface area contributed by atoms with Gasteiger partial charge in [0.05, 0.1) is 19.2 Å². The van der Waals surface area contributed by atoms with Crippen molar-refractivity contribution >= 4 is 39.1 Å². The van der Waals surface area contributed by atoms with E-state index in [4.69, 9.17) is 0 Å². The van der Waals surface area contributed by atoms with E-state index in [-0.39, 0.29) is 5.97 Å². The first-order chi connectivity index (χ1) is 8.69. The standard InChI is InChI=1S/C12H11BrN2O2S/c1-17-12(16)8-2-3-14-11(4-8)15-6-10-5-9(13)7-18-10/h2-5,7H,6H2,1H3,(H,14,15). The van der Waals surface area contributed by atoms with Crippen LogP contribution in [0.1, 0.15) is 15.2 Å². The molecule has 0 aliphatic heterocycles. The maximum absolute atomic E-state index is 11.4. The summed E-state index contributed by atoms with van der Waals surface area (Å²) in [5, 5.41) is 5.19. The van der Waals surface area contributed by atoms with E-state index in [2.05, 4.69) is 31.0 Å². The molecule has 18 heavy (non-hydrogen) atoms. The number of anilines is 1. The molecule has 0 radical (unpaired) electrons. The molecule has 0 fully saturated rings. The molecular formula is C12H11BrN2O2S. The van der Waals surface area contributed by atoms with Gasteiger partial charge in [-0.2, -0.15) is 0 Å². The van der Waals surface area contributed by atoms with E-state index in [0.717, 1.165) is 4.47 Å². The monoisotopic (exact) mass is 326 g/mol. The molecule has 0 amide bonds. The summed E-state index contributed by atoms with van der Waals surface area (Å²) in [6.07, 6.45) is 1.58. The number of methoxy groups -OCH3 is 1. The number of pyridine rings is 1. The Morgan fingerprint density at radius 1 is 1.56 bits per heavy atom. The van der Waals surface area contributed by atoms with Crippen LogP contribution >= 0.6 is 27.3 Å². The van der Waals surface area contributed by atoms with Gasteiger partial charge >= 0.3 is 5.97 Å². The van der Waals surface area contributed by atoms with Crippen LogP contribution in [0.4, 0.5) is 5.82 Å². The highest BCUT2D eigenvalue weighted by atomic mass is 79.9. The molecule has 0 aliphatic carbocycles. The number of thiophene rings is 1. The van der Waals surface area contributed by atoms with Crippen LogP contribution in [0.25, 0.3) is 0 Å². The van der Waals surface area contributed by atoms with Gasteiger partial charge in [-0.15, -0.1) is 11.3 Å². The van der Waals surface area contributed by atoms with Gasteiger partial charge in [-0.1, -0.05) is 0 Å². The van der Waals surface area contributed by atoms with Gasteiger partial charge in [0.1, 0.15) is 5.82 Å². The molecule has 0 atom stereocenters. The summed E-state index contributed by atoms with van der Waals surface area (Å²) in [5.41, 5.74) is 0.488. The van der Waals surface area contributed by atoms with Gasteiger partial charge in [0.15, 0.2) is 0 Å². The zero-order chi connectivity index (χ0) is 13.0. The number of carbonyl (C=O) groups is 1. The van der Waals surface area contributed by atoms with Crippen molar-refractivity contribution in [3.8, 4) is 0 Å². The number of hydrogen-bond acceptors (Lipinski definition) is 5. The SMILES string of the molecule is COC(=O)c1ccnc(NCc2cc(Br)cs2)c1. The molecule has 4 nitrogen and oxygen atoms in total. The van der Waals surface area contributed by atoms with Crippen molar-refractivity contribution in [2.45, 2.75) is 6.54 Å². The topological polar surface area (TPSA) is 51.2 Å². The Labute approximate surface area is 117 Å². The molecule has 0 unspecified atom stereocenters. The summed E-state index contributed by atoms with van der Waals surface area (Å²) in [6.45, 7) is 0.674. The third kappa shape index (κ3) is 3.30. The molecule has 2 aromatic heterocycles. The quantitative estimate of drug-likeness (QED) is 0.876. The Morgan fingerprint density at radius 3 is 3.06 bits per heavy atom. The second-order valence-corrected chi connectivity index (χ2v) is 5.42. The molecule has 2 heterocycles. The minimum atomic E-state index is -0.362. The maximum atomic E-state index is 11.4. The molecule has 0 saturated carbocycles. The Bertz CT molecular complexity index is 557. The zero-order valence-electron chi connectivity index (χ0n) is 9.64. The van der Waals surface area contributed by atoms with Crippen molar-refractivity contribution in [2.24, 2.45) is 0 Å². The molecule has 1 N–H and O–H groups in total. The van der Waals surface area contributed by atoms with E-state index in [1.165, 1.54) is 12.0 Å². The lowest BCUT2D eigenvalue weighted by Gasteiger charge is -2.05. The van der Waals surface area contributed by atoms with Crippen LogP contribution in [-0.4, -0.2) is 18.1 Å². The highest BCUT2D eigenvalue weighted by Gasteiger charge is 2.06. The van der Waals surface area contributed by atoms with E-state index in [9.17, 15) is 4.79 Å². The molecule has 2 aromatic rings. The van der Waals surface area contributed by atoms with Crippen LogP contribution in [0.2, 0.25) is 0 Å². The number of nitrogens with zero attached hydrogens (tertiary/aromatic N) is 1. The second-order valence-electron chi connectivity index (χ2n) is 3.51. The average Bonchev–Trinajstić information content (AvgIpc) is 2.81. The normalized spacial score (nSPS) is 10.1. The van der Waals surface area contributed by atoms with Crippen molar-refractivity contribution < 1.29 is 9.53 Å². The van der Waals surface area contributed by atoms with E-state index < -0.39 is 0 Å². The summed E-state index contributed by atoms with van der Waals surface area (Å²) in [4.78, 5) is 16.7. The first kappa shape index (κ1) is 13.0. The molecule has 2 rings (SSSR count). The second kappa shape index (κ2) is 5.97. The average molecular weight is 327 g/mol. The van der Waals surface area contributed by atoms with Gasteiger partial charge in [0.2, 0.25) is 0 Å². The van der Waals surface area contributed by atoms with Gasteiger partial charge in [-0.05, 0) is 34.1 Å². The zero-order valence-corrected chi connectivity index (χ0v) is 12.0. The summed E-state index contributed by atoms with van der Waals surface area (Å²) < 4.78 is 5.73. The van der Waals surface area contributed by atoms with E-state index in [1.807, 2.05) is 11.4 Å². The van der Waals surface area contributed by atoms with Crippen molar-refractivity contribution in [3.05, 3.63) is 44.7 Å². The summed E-state index contributed by atoms with van der Waals surface area (Å²) >= 11 is 5.06. The molecule has 6 heteroatoms. The predicted molar refractivity (Wildman–Crippen MR) is 74.9 cm³/mol. The molecule has 0 aromatic carbocycles. The van der Waals surface area contributed by atoms with Crippen LogP contribution in [0.5, 0.6) is 0 Å². The van der Waals surface area contributed by atoms with Crippen molar-refractivity contribution in [3.63, 3.8) is 0 Å². The van der Waals surface area contributed by atoms with Crippen LogP contribution in [-0.2, 0) is 11.3 Å². The van der Waals surface area contributed by atoms with Gasteiger partial charge in [-0.3, -0.25) is 0 Å². The third-order valence-corrected chi connectivity index (χ3v) is 3.94. The fourth-order valence-electron chi connectivity index (χ4n) is 1.40. The van der Waals surface area contributed by atoms with Gasteiger partial charge < -0.3 is 10.1 Å². The largest absolute Gasteiger partial charge is 0.465 e. The number of carbonyl (C=O) groups excluding carboxylic acids is 1. The molecule has 94 valence electrons. The van der Waals surface area contributed by atoms with Gasteiger partial charge in [0, 0.05) is 20.9 Å². The van der Waals surface area contributed by atoms with E-state index in [1.54, 1.807) is 29.7 Å². The lowest BCUT2D eigenvalue weighted by molar-refractivity contribution is 0.0600. The first-order valence-corrected chi connectivity index (χ1v) is 6.87. The Kier molecular flexibility index (Phi) is 4.33. The maximum Gasteiger partial charge on any atom is 0.338 e. The number of nitrogens with one attached hydrogen (secondary N) is 1. The third-order valence-electron chi connectivity index (χ3n) is 2.25. The van der Waals surface area contributed by atoms with Crippen LogP contribution < -0.4 is 5.32 Å².